The first-order valence-corrected chi connectivity index (χ1v) is 8.97. The molecule has 25 heavy (non-hydrogen) atoms. The molecular weight excluding hydrogens is 327 g/mol. The Labute approximate surface area is 149 Å². The molecular formula is C22H17O2P. The van der Waals surface area contributed by atoms with Crippen LogP contribution in [0.15, 0.2) is 97.1 Å². The molecule has 0 spiro atoms. The highest BCUT2D eigenvalue weighted by Gasteiger charge is 2.16. The van der Waals surface area contributed by atoms with Crippen molar-refractivity contribution in [3.8, 4) is 0 Å². The molecule has 0 heterocycles. The maximum absolute atomic E-state index is 11.2. The van der Waals surface area contributed by atoms with Gasteiger partial charge in [-0.05, 0) is 22.8 Å². The smallest absolute Gasteiger partial charge is 0.186 e. The number of rotatable bonds is 2. The summed E-state index contributed by atoms with van der Waals surface area (Å²) >= 11 is 0. The average Bonchev–Trinajstić information content (AvgIpc) is 2.67. The Hall–Kier alpha value is -2.83. The first-order valence-electron chi connectivity index (χ1n) is 7.97. The van der Waals surface area contributed by atoms with Gasteiger partial charge in [0, 0.05) is 11.1 Å². The van der Waals surface area contributed by atoms with Crippen molar-refractivity contribution in [2.45, 2.75) is 0 Å². The lowest BCUT2D eigenvalue weighted by Crippen LogP contribution is -2.10. The van der Waals surface area contributed by atoms with Crippen LogP contribution in [0.3, 0.4) is 0 Å². The van der Waals surface area contributed by atoms with E-state index in [1.54, 1.807) is 24.3 Å². The van der Waals surface area contributed by atoms with Gasteiger partial charge in [-0.3, -0.25) is 9.59 Å². The molecule has 122 valence electrons. The molecule has 3 heteroatoms. The number of hydrogen-bond acceptors (Lipinski definition) is 2. The highest BCUT2D eigenvalue weighted by molar-refractivity contribution is 7.55. The van der Waals surface area contributed by atoms with Crippen molar-refractivity contribution in [2.75, 3.05) is 0 Å². The van der Waals surface area contributed by atoms with E-state index in [0.29, 0.717) is 11.1 Å². The molecule has 0 fully saturated rings. The predicted molar refractivity (Wildman–Crippen MR) is 105 cm³/mol. The Morgan fingerprint density at radius 2 is 0.840 bits per heavy atom. The molecule has 0 bridgehead atoms. The van der Waals surface area contributed by atoms with Crippen LogP contribution in [-0.2, 0) is 0 Å². The van der Waals surface area contributed by atoms with Gasteiger partial charge in [0.2, 0.25) is 0 Å². The Balaban J connectivity index is 0.000000146. The number of carbonyl (C=O) groups is 2. The van der Waals surface area contributed by atoms with Crippen molar-refractivity contribution < 1.29 is 9.59 Å². The van der Waals surface area contributed by atoms with Crippen molar-refractivity contribution in [1.29, 1.82) is 0 Å². The van der Waals surface area contributed by atoms with Gasteiger partial charge in [-0.25, -0.2) is 0 Å². The Morgan fingerprint density at radius 1 is 0.480 bits per heavy atom. The Kier molecular flexibility index (Phi) is 5.66. The zero-order chi connectivity index (χ0) is 17.5. The van der Waals surface area contributed by atoms with Gasteiger partial charge >= 0.3 is 0 Å². The van der Waals surface area contributed by atoms with Gasteiger partial charge in [0.1, 0.15) is 0 Å². The summed E-state index contributed by atoms with van der Waals surface area (Å²) in [6, 6.07) is 28.0. The second kappa shape index (κ2) is 8.32. The number of ketones is 2. The highest BCUT2D eigenvalue weighted by Crippen LogP contribution is 2.15. The van der Waals surface area contributed by atoms with Gasteiger partial charge in [-0.1, -0.05) is 93.5 Å². The molecule has 0 aromatic heterocycles. The fourth-order valence-corrected chi connectivity index (χ4v) is 3.50. The maximum Gasteiger partial charge on any atom is 0.186 e. The minimum Gasteiger partial charge on any atom is -0.289 e. The molecule has 1 aliphatic rings. The van der Waals surface area contributed by atoms with Crippen LogP contribution in [0, 0.1) is 0 Å². The van der Waals surface area contributed by atoms with Gasteiger partial charge in [0.25, 0.3) is 0 Å². The van der Waals surface area contributed by atoms with Crippen LogP contribution in [0.1, 0.15) is 20.7 Å². The molecule has 0 atom stereocenters. The largest absolute Gasteiger partial charge is 0.289 e. The van der Waals surface area contributed by atoms with Gasteiger partial charge in [-0.15, -0.1) is 0 Å². The zero-order valence-corrected chi connectivity index (χ0v) is 14.6. The molecule has 2 nitrogen and oxygen atoms in total. The highest BCUT2D eigenvalue weighted by atomic mass is 31.1. The lowest BCUT2D eigenvalue weighted by atomic mass is 9.95. The minimum absolute atomic E-state index is 0.0924. The standard InChI is InChI=1S/C12H11P.C10H6O2/c1-3-7-11(8-4-1)13-12-9-5-2-6-10-12;11-9-5-6-10(12)8-4-2-1-3-7(8)9/h1-10,13H;1-6H. The van der Waals surface area contributed by atoms with Crippen molar-refractivity contribution in [3.05, 3.63) is 108 Å². The summed E-state index contributed by atoms with van der Waals surface area (Å²) in [5, 5.41) is 2.79. The molecule has 0 saturated carbocycles. The fourth-order valence-electron chi connectivity index (χ4n) is 2.45. The van der Waals surface area contributed by atoms with Crippen molar-refractivity contribution in [3.63, 3.8) is 0 Å². The maximum atomic E-state index is 11.2. The van der Waals surface area contributed by atoms with E-state index in [1.165, 1.54) is 22.8 Å². The molecule has 3 aromatic carbocycles. The van der Waals surface area contributed by atoms with Crippen molar-refractivity contribution >= 4 is 30.8 Å². The summed E-state index contributed by atoms with van der Waals surface area (Å²) in [5.74, 6) is -0.185. The van der Waals surface area contributed by atoms with Gasteiger partial charge in [0.15, 0.2) is 11.6 Å². The quantitative estimate of drug-likeness (QED) is 0.660. The molecule has 0 N–H and O–H groups in total. The third kappa shape index (κ3) is 4.59. The lowest BCUT2D eigenvalue weighted by Gasteiger charge is -2.06. The average molecular weight is 344 g/mol. The van der Waals surface area contributed by atoms with Crippen LogP contribution in [0.5, 0.6) is 0 Å². The number of benzene rings is 3. The van der Waals surface area contributed by atoms with Crippen LogP contribution < -0.4 is 10.6 Å². The number of hydrogen-bond donors (Lipinski definition) is 0. The minimum atomic E-state index is -0.0924. The molecule has 0 saturated heterocycles. The third-order valence-electron chi connectivity index (χ3n) is 3.68. The van der Waals surface area contributed by atoms with E-state index >= 15 is 0 Å². The van der Waals surface area contributed by atoms with Gasteiger partial charge < -0.3 is 0 Å². The molecule has 0 unspecified atom stereocenters. The molecule has 0 aliphatic heterocycles. The van der Waals surface area contributed by atoms with Crippen LogP contribution in [-0.4, -0.2) is 11.6 Å². The van der Waals surface area contributed by atoms with Crippen LogP contribution >= 0.6 is 8.58 Å². The molecule has 1 aliphatic carbocycles. The summed E-state index contributed by atoms with van der Waals surface area (Å²) in [4.78, 5) is 22.4. The second-order valence-corrected chi connectivity index (χ2v) is 6.87. The topological polar surface area (TPSA) is 34.1 Å². The van der Waals surface area contributed by atoms with E-state index in [9.17, 15) is 9.59 Å². The molecule has 4 rings (SSSR count). The van der Waals surface area contributed by atoms with E-state index in [4.69, 9.17) is 0 Å². The van der Waals surface area contributed by atoms with Crippen LogP contribution in [0.4, 0.5) is 0 Å². The van der Waals surface area contributed by atoms with Crippen molar-refractivity contribution in [1.82, 2.24) is 0 Å². The van der Waals surface area contributed by atoms with E-state index < -0.39 is 0 Å². The van der Waals surface area contributed by atoms with E-state index in [2.05, 4.69) is 60.7 Å². The third-order valence-corrected chi connectivity index (χ3v) is 4.92. The lowest BCUT2D eigenvalue weighted by molar-refractivity contribution is 0.0994. The number of allylic oxidation sites excluding steroid dienone is 2. The van der Waals surface area contributed by atoms with E-state index in [1.807, 2.05) is 0 Å². The molecule has 0 radical (unpaired) electrons. The zero-order valence-electron chi connectivity index (χ0n) is 13.6. The van der Waals surface area contributed by atoms with Gasteiger partial charge in [0.05, 0.1) is 0 Å². The second-order valence-electron chi connectivity index (χ2n) is 5.46. The van der Waals surface area contributed by atoms with Crippen molar-refractivity contribution in [2.24, 2.45) is 0 Å². The number of fused-ring (bicyclic) bond motifs is 1. The summed E-state index contributed by atoms with van der Waals surface area (Å²) in [7, 11) is 0.777. The fraction of sp³-hybridized carbons (Fsp3) is 0. The van der Waals surface area contributed by atoms with E-state index in [0.717, 1.165) is 8.58 Å². The molecule has 3 aromatic rings. The summed E-state index contributed by atoms with van der Waals surface area (Å²) in [6.45, 7) is 0. The Morgan fingerprint density at radius 3 is 1.24 bits per heavy atom. The van der Waals surface area contributed by atoms with Crippen LogP contribution in [0.25, 0.3) is 0 Å². The summed E-state index contributed by atoms with van der Waals surface area (Å²) in [5.41, 5.74) is 1.01. The normalized spacial score (nSPS) is 12.2. The van der Waals surface area contributed by atoms with E-state index in [-0.39, 0.29) is 11.6 Å². The summed E-state index contributed by atoms with van der Waals surface area (Å²) in [6.07, 6.45) is 2.62. The summed E-state index contributed by atoms with van der Waals surface area (Å²) < 4.78 is 0. The van der Waals surface area contributed by atoms with Crippen LogP contribution in [0.2, 0.25) is 0 Å². The first kappa shape index (κ1) is 17.0. The molecule has 0 amide bonds. The van der Waals surface area contributed by atoms with Gasteiger partial charge in [-0.2, -0.15) is 0 Å². The Bertz CT molecular complexity index is 825. The monoisotopic (exact) mass is 344 g/mol. The number of carbonyl (C=O) groups excluding carboxylic acids is 2. The predicted octanol–water partition coefficient (Wildman–Crippen LogP) is 3.94. The SMILES string of the molecule is O=C1C=CC(=O)c2ccccc21.c1ccc(Pc2ccccc2)cc1. The first-order chi connectivity index (χ1) is 12.2.